The van der Waals surface area contributed by atoms with E-state index in [2.05, 4.69) is 38.1 Å². The van der Waals surface area contributed by atoms with Crippen LogP contribution in [-0.4, -0.2) is 5.11 Å². The Bertz CT molecular complexity index is 328. The highest BCUT2D eigenvalue weighted by Crippen LogP contribution is 2.41. The molecule has 2 rings (SSSR count). The van der Waals surface area contributed by atoms with Crippen LogP contribution in [0.4, 0.5) is 0 Å². The molecule has 0 heterocycles. The molecule has 1 aromatic carbocycles. The zero-order chi connectivity index (χ0) is 10.9. The first-order valence-corrected chi connectivity index (χ1v) is 5.96. The van der Waals surface area contributed by atoms with Crippen molar-refractivity contribution < 1.29 is 5.11 Å². The first-order chi connectivity index (χ1) is 7.14. The van der Waals surface area contributed by atoms with Crippen molar-refractivity contribution in [3.05, 3.63) is 35.4 Å². The van der Waals surface area contributed by atoms with E-state index in [0.717, 1.165) is 31.2 Å². The van der Waals surface area contributed by atoms with Crippen molar-refractivity contribution in [2.75, 3.05) is 0 Å². The highest BCUT2D eigenvalue weighted by Gasteiger charge is 2.36. The molecule has 0 bridgehead atoms. The Morgan fingerprint density at radius 3 is 2.47 bits per heavy atom. The second-order valence-electron chi connectivity index (χ2n) is 4.93. The third kappa shape index (κ3) is 2.07. The summed E-state index contributed by atoms with van der Waals surface area (Å²) >= 11 is 0. The van der Waals surface area contributed by atoms with Gasteiger partial charge >= 0.3 is 0 Å². The van der Waals surface area contributed by atoms with Gasteiger partial charge in [0.25, 0.3) is 0 Å². The Hall–Kier alpha value is -0.820. The lowest BCUT2D eigenvalue weighted by Gasteiger charge is -2.23. The number of rotatable bonds is 2. The molecule has 1 heteroatoms. The van der Waals surface area contributed by atoms with Gasteiger partial charge in [-0.3, -0.25) is 0 Å². The number of aliphatic hydroxyl groups is 1. The van der Waals surface area contributed by atoms with E-state index in [1.807, 2.05) is 0 Å². The molecular formula is C14H20O. The van der Waals surface area contributed by atoms with Gasteiger partial charge in [-0.25, -0.2) is 0 Å². The number of benzene rings is 1. The molecule has 1 aromatic rings. The lowest BCUT2D eigenvalue weighted by atomic mass is 9.90. The summed E-state index contributed by atoms with van der Waals surface area (Å²) in [5.74, 6) is 0.654. The van der Waals surface area contributed by atoms with Crippen molar-refractivity contribution in [2.24, 2.45) is 5.92 Å². The van der Waals surface area contributed by atoms with Gasteiger partial charge in [0.2, 0.25) is 0 Å². The molecular weight excluding hydrogens is 184 g/mol. The molecule has 1 saturated carbocycles. The smallest absolute Gasteiger partial charge is 0.0899 e. The van der Waals surface area contributed by atoms with E-state index in [0.29, 0.717) is 5.92 Å². The van der Waals surface area contributed by atoms with Crippen LogP contribution in [-0.2, 0) is 12.0 Å². The fraction of sp³-hybridized carbons (Fsp3) is 0.571. The molecule has 0 spiro atoms. The van der Waals surface area contributed by atoms with Crippen LogP contribution in [0.5, 0.6) is 0 Å². The fourth-order valence-electron chi connectivity index (χ4n) is 2.58. The van der Waals surface area contributed by atoms with Gasteiger partial charge < -0.3 is 5.11 Å². The van der Waals surface area contributed by atoms with Crippen molar-refractivity contribution in [2.45, 2.75) is 45.1 Å². The van der Waals surface area contributed by atoms with Gasteiger partial charge in [0, 0.05) is 0 Å². The van der Waals surface area contributed by atoms with Gasteiger partial charge in [-0.05, 0) is 42.7 Å². The minimum atomic E-state index is -0.550. The predicted octanol–water partition coefficient (Wildman–Crippen LogP) is 3.26. The van der Waals surface area contributed by atoms with Crippen molar-refractivity contribution >= 4 is 0 Å². The first kappa shape index (κ1) is 10.7. The summed E-state index contributed by atoms with van der Waals surface area (Å²) in [4.78, 5) is 0. The maximum absolute atomic E-state index is 10.5. The normalized spacial score (nSPS) is 30.7. The average Bonchev–Trinajstić information content (AvgIpc) is 2.60. The summed E-state index contributed by atoms with van der Waals surface area (Å²) in [5.41, 5.74) is 1.89. The molecule has 82 valence electrons. The molecule has 0 saturated heterocycles. The molecule has 15 heavy (non-hydrogen) atoms. The largest absolute Gasteiger partial charge is 0.385 e. The van der Waals surface area contributed by atoms with E-state index >= 15 is 0 Å². The lowest BCUT2D eigenvalue weighted by molar-refractivity contribution is 0.0408. The summed E-state index contributed by atoms with van der Waals surface area (Å²) in [6.45, 7) is 4.37. The third-order valence-corrected chi connectivity index (χ3v) is 3.64. The second kappa shape index (κ2) is 3.97. The lowest BCUT2D eigenvalue weighted by Crippen LogP contribution is -2.21. The zero-order valence-corrected chi connectivity index (χ0v) is 9.66. The third-order valence-electron chi connectivity index (χ3n) is 3.64. The van der Waals surface area contributed by atoms with Crippen molar-refractivity contribution in [3.8, 4) is 0 Å². The molecule has 0 aliphatic heterocycles. The highest BCUT2D eigenvalue weighted by molar-refractivity contribution is 5.28. The monoisotopic (exact) mass is 204 g/mol. The quantitative estimate of drug-likeness (QED) is 0.784. The van der Waals surface area contributed by atoms with Gasteiger partial charge in [0.1, 0.15) is 0 Å². The van der Waals surface area contributed by atoms with E-state index < -0.39 is 5.60 Å². The maximum Gasteiger partial charge on any atom is 0.0899 e. The first-order valence-electron chi connectivity index (χ1n) is 5.96. The Labute approximate surface area is 92.1 Å². The van der Waals surface area contributed by atoms with E-state index in [-0.39, 0.29) is 0 Å². The van der Waals surface area contributed by atoms with Gasteiger partial charge in [-0.1, -0.05) is 38.1 Å². The molecule has 0 radical (unpaired) electrons. The topological polar surface area (TPSA) is 20.2 Å². The highest BCUT2D eigenvalue weighted by atomic mass is 16.3. The van der Waals surface area contributed by atoms with Crippen LogP contribution in [0.1, 0.15) is 44.2 Å². The summed E-state index contributed by atoms with van der Waals surface area (Å²) in [6.07, 6.45) is 4.04. The Morgan fingerprint density at radius 1 is 1.33 bits per heavy atom. The average molecular weight is 204 g/mol. The minimum Gasteiger partial charge on any atom is -0.385 e. The van der Waals surface area contributed by atoms with Crippen LogP contribution >= 0.6 is 0 Å². The molecule has 1 nitrogen and oxygen atoms in total. The summed E-state index contributed by atoms with van der Waals surface area (Å²) in [5, 5.41) is 10.5. The van der Waals surface area contributed by atoms with Crippen molar-refractivity contribution in [1.29, 1.82) is 0 Å². The molecule has 0 aromatic heterocycles. The van der Waals surface area contributed by atoms with Crippen LogP contribution in [0.15, 0.2) is 24.3 Å². The Kier molecular flexibility index (Phi) is 2.83. The Balaban J connectivity index is 2.22. The molecule has 1 aliphatic rings. The Morgan fingerprint density at radius 2 is 2.00 bits per heavy atom. The van der Waals surface area contributed by atoms with Crippen LogP contribution < -0.4 is 0 Å². The molecule has 1 aliphatic carbocycles. The van der Waals surface area contributed by atoms with E-state index in [9.17, 15) is 5.11 Å². The second-order valence-corrected chi connectivity index (χ2v) is 4.93. The van der Waals surface area contributed by atoms with Crippen molar-refractivity contribution in [1.82, 2.24) is 0 Å². The standard InChI is InChI=1S/C14H20O/c1-3-12-4-6-13(7-5-12)14(15)9-8-11(2)10-14/h4-7,11,15H,3,8-10H2,1-2H3/t11-,14-/m0/s1. The summed E-state index contributed by atoms with van der Waals surface area (Å²) in [7, 11) is 0. The number of aryl methyl sites for hydroxylation is 1. The zero-order valence-electron chi connectivity index (χ0n) is 9.66. The summed E-state index contributed by atoms with van der Waals surface area (Å²) < 4.78 is 0. The predicted molar refractivity (Wildman–Crippen MR) is 62.7 cm³/mol. The summed E-state index contributed by atoms with van der Waals surface area (Å²) in [6, 6.07) is 8.46. The van der Waals surface area contributed by atoms with E-state index in [1.165, 1.54) is 5.56 Å². The molecule has 2 atom stereocenters. The van der Waals surface area contributed by atoms with Gasteiger partial charge in [0.15, 0.2) is 0 Å². The van der Waals surface area contributed by atoms with Crippen LogP contribution in [0, 0.1) is 5.92 Å². The molecule has 0 amide bonds. The van der Waals surface area contributed by atoms with E-state index in [1.54, 1.807) is 0 Å². The van der Waals surface area contributed by atoms with Crippen molar-refractivity contribution in [3.63, 3.8) is 0 Å². The van der Waals surface area contributed by atoms with Gasteiger partial charge in [-0.2, -0.15) is 0 Å². The van der Waals surface area contributed by atoms with Crippen LogP contribution in [0.2, 0.25) is 0 Å². The fourth-order valence-corrected chi connectivity index (χ4v) is 2.58. The maximum atomic E-state index is 10.5. The minimum absolute atomic E-state index is 0.550. The van der Waals surface area contributed by atoms with Crippen LogP contribution in [0.25, 0.3) is 0 Å². The van der Waals surface area contributed by atoms with Gasteiger partial charge in [0.05, 0.1) is 5.60 Å². The SMILES string of the molecule is CCc1ccc([C@]2(O)CC[C@H](C)C2)cc1. The number of hydrogen-bond acceptors (Lipinski definition) is 1. The van der Waals surface area contributed by atoms with Crippen LogP contribution in [0.3, 0.4) is 0 Å². The molecule has 0 unspecified atom stereocenters. The molecule has 1 N–H and O–H groups in total. The van der Waals surface area contributed by atoms with Gasteiger partial charge in [-0.15, -0.1) is 0 Å². The van der Waals surface area contributed by atoms with E-state index in [4.69, 9.17) is 0 Å². The molecule has 1 fully saturated rings. The number of hydrogen-bond donors (Lipinski definition) is 1.